The number of aliphatic hydroxyl groups excluding tert-OH is 6. The Bertz CT molecular complexity index is 467. The Labute approximate surface area is 214 Å². The van der Waals surface area contributed by atoms with E-state index in [1.807, 2.05) is 0 Å². The third-order valence-electron chi connectivity index (χ3n) is 6.66. The van der Waals surface area contributed by atoms with E-state index in [4.69, 9.17) is 9.84 Å². The largest absolute Gasteiger partial charge is 0.394 e. The van der Waals surface area contributed by atoms with Crippen LogP contribution in [0.2, 0.25) is 0 Å². The molecular formula is C27H58NO7+. The van der Waals surface area contributed by atoms with Crippen molar-refractivity contribution in [1.82, 2.24) is 0 Å². The van der Waals surface area contributed by atoms with Crippen LogP contribution < -0.4 is 0 Å². The van der Waals surface area contributed by atoms with E-state index >= 15 is 0 Å². The second-order valence-electron chi connectivity index (χ2n) is 10.9. The highest BCUT2D eigenvalue weighted by molar-refractivity contribution is 4.80. The van der Waals surface area contributed by atoms with Crippen LogP contribution >= 0.6 is 0 Å². The molecule has 0 amide bonds. The molecule has 212 valence electrons. The van der Waals surface area contributed by atoms with Crippen LogP contribution in [0.15, 0.2) is 0 Å². The van der Waals surface area contributed by atoms with E-state index in [-0.39, 0.29) is 17.6 Å². The van der Waals surface area contributed by atoms with E-state index in [2.05, 4.69) is 6.92 Å². The van der Waals surface area contributed by atoms with E-state index in [0.717, 1.165) is 12.8 Å². The van der Waals surface area contributed by atoms with Crippen molar-refractivity contribution >= 4 is 0 Å². The molecule has 0 aromatic rings. The molecule has 0 heterocycles. The van der Waals surface area contributed by atoms with Crippen molar-refractivity contribution < 1.29 is 39.9 Å². The molecule has 0 spiro atoms. The van der Waals surface area contributed by atoms with Gasteiger partial charge in [0, 0.05) is 6.61 Å². The van der Waals surface area contributed by atoms with Gasteiger partial charge in [0.25, 0.3) is 0 Å². The molecule has 6 N–H and O–H groups in total. The first-order chi connectivity index (χ1) is 16.6. The zero-order valence-corrected chi connectivity index (χ0v) is 22.9. The fourth-order valence-electron chi connectivity index (χ4n) is 4.49. The van der Waals surface area contributed by atoms with Gasteiger partial charge in [0.05, 0.1) is 27.3 Å². The smallest absolute Gasteiger partial charge is 0.131 e. The standard InChI is InChI=1S/C27H58NO7/c1-4-5-6-7-8-9-10-11-12-13-14-15-16-17-18-35-22-23(30)19-28(2,3)20-24(31)26(33)27(34)25(32)21-29/h23-27,29-34H,4-22H2,1-3H3/q+1/t23?,24-,25+,26+,27+/m0/s1. The fourth-order valence-corrected chi connectivity index (χ4v) is 4.49. The Balaban J connectivity index is 3.70. The lowest BCUT2D eigenvalue weighted by atomic mass is 10.0. The van der Waals surface area contributed by atoms with Crippen LogP contribution in [-0.4, -0.2) is 113 Å². The molecule has 8 heteroatoms. The zero-order chi connectivity index (χ0) is 26.5. The van der Waals surface area contributed by atoms with Gasteiger partial charge in [0.2, 0.25) is 0 Å². The topological polar surface area (TPSA) is 131 Å². The Hall–Kier alpha value is -0.320. The number of aliphatic hydroxyl groups is 6. The zero-order valence-electron chi connectivity index (χ0n) is 22.9. The molecule has 5 atom stereocenters. The summed E-state index contributed by atoms with van der Waals surface area (Å²) in [5.74, 6) is 0. The minimum atomic E-state index is -1.65. The summed E-state index contributed by atoms with van der Waals surface area (Å²) < 4.78 is 5.81. The monoisotopic (exact) mass is 508 g/mol. The Morgan fingerprint density at radius 2 is 1.03 bits per heavy atom. The highest BCUT2D eigenvalue weighted by Gasteiger charge is 2.34. The van der Waals surface area contributed by atoms with Gasteiger partial charge in [0.1, 0.15) is 43.6 Å². The van der Waals surface area contributed by atoms with E-state index in [1.54, 1.807) is 14.1 Å². The number of unbranched alkanes of at least 4 members (excludes halogenated alkanes) is 13. The number of quaternary nitrogens is 1. The first kappa shape index (κ1) is 34.7. The Morgan fingerprint density at radius 3 is 1.49 bits per heavy atom. The summed E-state index contributed by atoms with van der Waals surface area (Å²) in [7, 11) is 3.59. The number of hydrogen-bond donors (Lipinski definition) is 6. The highest BCUT2D eigenvalue weighted by Crippen LogP contribution is 2.13. The predicted molar refractivity (Wildman–Crippen MR) is 140 cm³/mol. The number of ether oxygens (including phenoxy) is 1. The van der Waals surface area contributed by atoms with Crippen molar-refractivity contribution in [2.45, 2.75) is 127 Å². The third kappa shape index (κ3) is 19.5. The van der Waals surface area contributed by atoms with Crippen molar-refractivity contribution in [3.05, 3.63) is 0 Å². The SMILES string of the molecule is CCCCCCCCCCCCCCCCOCC(O)C[N+](C)(C)C[C@H](O)[C@@H](O)[C@H](O)[C@H](O)CO. The van der Waals surface area contributed by atoms with Crippen LogP contribution in [0.4, 0.5) is 0 Å². The van der Waals surface area contributed by atoms with Crippen LogP contribution in [0.25, 0.3) is 0 Å². The van der Waals surface area contributed by atoms with Crippen LogP contribution in [0.5, 0.6) is 0 Å². The van der Waals surface area contributed by atoms with E-state index in [0.29, 0.717) is 13.2 Å². The first-order valence-electron chi connectivity index (χ1n) is 14.1. The molecule has 0 fully saturated rings. The molecule has 0 radical (unpaired) electrons. The number of hydrogen-bond acceptors (Lipinski definition) is 7. The summed E-state index contributed by atoms with van der Waals surface area (Å²) in [5.41, 5.74) is 0. The van der Waals surface area contributed by atoms with E-state index in [1.165, 1.54) is 77.0 Å². The average Bonchev–Trinajstić information content (AvgIpc) is 2.81. The molecule has 8 nitrogen and oxygen atoms in total. The van der Waals surface area contributed by atoms with Gasteiger partial charge in [-0.25, -0.2) is 0 Å². The normalized spacial score (nSPS) is 16.7. The summed E-state index contributed by atoms with van der Waals surface area (Å²) in [6.45, 7) is 2.75. The van der Waals surface area contributed by atoms with Crippen LogP contribution in [0.1, 0.15) is 96.8 Å². The molecule has 0 aliphatic carbocycles. The molecule has 0 aliphatic rings. The molecule has 0 saturated heterocycles. The van der Waals surface area contributed by atoms with Gasteiger partial charge in [-0.2, -0.15) is 0 Å². The van der Waals surface area contributed by atoms with E-state index < -0.39 is 37.1 Å². The van der Waals surface area contributed by atoms with E-state index in [9.17, 15) is 25.5 Å². The molecule has 1 unspecified atom stereocenters. The molecule has 0 aromatic carbocycles. The molecule has 0 saturated carbocycles. The summed E-state index contributed by atoms with van der Waals surface area (Å²) in [4.78, 5) is 0. The van der Waals surface area contributed by atoms with Gasteiger partial charge in [-0.1, -0.05) is 90.4 Å². The van der Waals surface area contributed by atoms with Crippen molar-refractivity contribution in [3.8, 4) is 0 Å². The average molecular weight is 509 g/mol. The fraction of sp³-hybridized carbons (Fsp3) is 1.00. The Kier molecular flexibility index (Phi) is 21.5. The number of rotatable bonds is 25. The molecule has 0 aromatic heterocycles. The Morgan fingerprint density at radius 1 is 0.600 bits per heavy atom. The summed E-state index contributed by atoms with van der Waals surface area (Å²) in [5, 5.41) is 58.5. The summed E-state index contributed by atoms with van der Waals surface area (Å²) in [6, 6.07) is 0. The summed E-state index contributed by atoms with van der Waals surface area (Å²) in [6.07, 6.45) is 11.5. The predicted octanol–water partition coefficient (Wildman–Crippen LogP) is 2.36. The molecule has 35 heavy (non-hydrogen) atoms. The molecular weight excluding hydrogens is 450 g/mol. The van der Waals surface area contributed by atoms with Gasteiger partial charge < -0.3 is 39.9 Å². The quantitative estimate of drug-likeness (QED) is 0.0824. The molecule has 0 rings (SSSR count). The third-order valence-corrected chi connectivity index (χ3v) is 6.66. The lowest BCUT2D eigenvalue weighted by molar-refractivity contribution is -0.897. The number of nitrogens with zero attached hydrogens (tertiary/aromatic N) is 1. The van der Waals surface area contributed by atoms with Crippen molar-refractivity contribution in [1.29, 1.82) is 0 Å². The lowest BCUT2D eigenvalue weighted by Gasteiger charge is -2.35. The second-order valence-corrected chi connectivity index (χ2v) is 10.9. The van der Waals surface area contributed by atoms with Crippen LogP contribution in [0, 0.1) is 0 Å². The maximum absolute atomic E-state index is 10.3. The van der Waals surface area contributed by atoms with Crippen LogP contribution in [-0.2, 0) is 4.74 Å². The molecule has 0 aliphatic heterocycles. The number of likely N-dealkylation sites (N-methyl/N-ethyl adjacent to an activating group) is 1. The van der Waals surface area contributed by atoms with Gasteiger partial charge in [-0.05, 0) is 6.42 Å². The van der Waals surface area contributed by atoms with Crippen LogP contribution in [0.3, 0.4) is 0 Å². The summed E-state index contributed by atoms with van der Waals surface area (Å²) >= 11 is 0. The van der Waals surface area contributed by atoms with Gasteiger partial charge in [0.15, 0.2) is 0 Å². The molecule has 0 bridgehead atoms. The van der Waals surface area contributed by atoms with Crippen molar-refractivity contribution in [3.63, 3.8) is 0 Å². The van der Waals surface area contributed by atoms with Gasteiger partial charge in [-0.3, -0.25) is 0 Å². The first-order valence-corrected chi connectivity index (χ1v) is 14.1. The maximum Gasteiger partial charge on any atom is 0.131 e. The van der Waals surface area contributed by atoms with Crippen molar-refractivity contribution in [2.24, 2.45) is 0 Å². The minimum absolute atomic E-state index is 0.0619. The second kappa shape index (κ2) is 21.7. The maximum atomic E-state index is 10.3. The highest BCUT2D eigenvalue weighted by atomic mass is 16.5. The van der Waals surface area contributed by atoms with Gasteiger partial charge >= 0.3 is 0 Å². The van der Waals surface area contributed by atoms with Gasteiger partial charge in [-0.15, -0.1) is 0 Å². The minimum Gasteiger partial charge on any atom is -0.394 e. The van der Waals surface area contributed by atoms with Crippen molar-refractivity contribution in [2.75, 3.05) is 47.0 Å². The lowest BCUT2D eigenvalue weighted by Crippen LogP contribution is -2.56.